The second-order valence-electron chi connectivity index (χ2n) is 11.9. The Morgan fingerprint density at radius 1 is 1.11 bits per heavy atom. The van der Waals surface area contributed by atoms with Crippen molar-refractivity contribution in [2.24, 2.45) is 5.92 Å². The van der Waals surface area contributed by atoms with Gasteiger partial charge in [-0.15, -0.1) is 0 Å². The van der Waals surface area contributed by atoms with Crippen molar-refractivity contribution in [2.45, 2.75) is 51.1 Å². The lowest BCUT2D eigenvalue weighted by Crippen LogP contribution is -2.49. The predicted octanol–water partition coefficient (Wildman–Crippen LogP) is 4.77. The summed E-state index contributed by atoms with van der Waals surface area (Å²) < 4.78 is 13.5. The van der Waals surface area contributed by atoms with Crippen molar-refractivity contribution in [3.63, 3.8) is 0 Å². The fourth-order valence-electron chi connectivity index (χ4n) is 5.99. The van der Waals surface area contributed by atoms with Gasteiger partial charge in [-0.3, -0.25) is 14.4 Å². The number of likely N-dealkylation sites (tertiary alicyclic amines) is 1. The van der Waals surface area contributed by atoms with Gasteiger partial charge in [-0.05, 0) is 104 Å². The Morgan fingerprint density at radius 3 is 2.77 bits per heavy atom. The molecule has 9 heteroatoms. The highest BCUT2D eigenvalue weighted by Gasteiger charge is 2.35. The summed E-state index contributed by atoms with van der Waals surface area (Å²) in [4.78, 5) is 45.3. The Bertz CT molecular complexity index is 1650. The molecule has 1 aliphatic carbocycles. The van der Waals surface area contributed by atoms with Crippen LogP contribution in [0.4, 0.5) is 4.39 Å². The minimum Gasteiger partial charge on any atom is -0.348 e. The van der Waals surface area contributed by atoms with Crippen molar-refractivity contribution in [3.05, 3.63) is 88.9 Å². The number of amides is 3. The molecule has 2 atom stereocenters. The Hall–Kier alpha value is -4.37. The van der Waals surface area contributed by atoms with E-state index >= 15 is 0 Å². The molecule has 6 rings (SSSR count). The molecule has 3 amide bonds. The Balaban J connectivity index is 1.11. The maximum absolute atomic E-state index is 13.6. The smallest absolute Gasteiger partial charge is 0.270 e. The van der Waals surface area contributed by atoms with Crippen LogP contribution in [0.25, 0.3) is 22.6 Å². The quantitative estimate of drug-likeness (QED) is 0.331. The first-order valence-corrected chi connectivity index (χ1v) is 15.5. The van der Waals surface area contributed by atoms with Crippen LogP contribution in [0.1, 0.15) is 72.2 Å². The SMILES string of the molecule is C[C@H](NC(=O)C1CCCN1C(=O)CNC(=O)c1ccc2cc(F)ccc2n1)c1cc(C2=CCCNC2)ccc1/C=C/C1CC1. The van der Waals surface area contributed by atoms with Gasteiger partial charge in [0.15, 0.2) is 0 Å². The Kier molecular flexibility index (Phi) is 8.84. The number of rotatable bonds is 9. The zero-order valence-corrected chi connectivity index (χ0v) is 24.9. The van der Waals surface area contributed by atoms with Crippen LogP contribution in [0.3, 0.4) is 0 Å². The zero-order chi connectivity index (χ0) is 30.6. The number of hydrogen-bond donors (Lipinski definition) is 3. The molecule has 228 valence electrons. The van der Waals surface area contributed by atoms with E-state index in [2.05, 4.69) is 57.4 Å². The van der Waals surface area contributed by atoms with Crippen LogP contribution in [-0.2, 0) is 9.59 Å². The van der Waals surface area contributed by atoms with Crippen molar-refractivity contribution < 1.29 is 18.8 Å². The second kappa shape index (κ2) is 13.1. The summed E-state index contributed by atoms with van der Waals surface area (Å²) in [6.45, 7) is 4.00. The summed E-state index contributed by atoms with van der Waals surface area (Å²) >= 11 is 0. The van der Waals surface area contributed by atoms with E-state index in [0.717, 1.165) is 36.2 Å². The summed E-state index contributed by atoms with van der Waals surface area (Å²) in [5, 5.41) is 9.83. The lowest BCUT2D eigenvalue weighted by atomic mass is 9.93. The zero-order valence-electron chi connectivity index (χ0n) is 24.9. The highest BCUT2D eigenvalue weighted by molar-refractivity contribution is 5.97. The monoisotopic (exact) mass is 595 g/mol. The van der Waals surface area contributed by atoms with Crippen LogP contribution in [0.2, 0.25) is 0 Å². The van der Waals surface area contributed by atoms with Crippen LogP contribution in [0.15, 0.2) is 60.7 Å². The first-order chi connectivity index (χ1) is 21.4. The van der Waals surface area contributed by atoms with Crippen LogP contribution in [0, 0.1) is 11.7 Å². The standard InChI is InChI=1S/C35H38FN5O3/c1-22(29-19-25(27-4-2-16-37-20-27)11-10-24(29)9-8-23-6-7-23)39-35(44)32-5-3-17-41(32)33(42)21-38-34(43)31-14-12-26-18-28(36)13-15-30(26)40-31/h4,8-15,18-19,22-23,32,37H,2-3,5-7,16-17,20-21H2,1H3,(H,38,43)(H,39,44)/b9-8+/t22-,32?/m0/s1. The molecule has 2 fully saturated rings. The number of fused-ring (bicyclic) bond motifs is 1. The van der Waals surface area contributed by atoms with Crippen LogP contribution >= 0.6 is 0 Å². The first kappa shape index (κ1) is 29.7. The summed E-state index contributed by atoms with van der Waals surface area (Å²) in [6.07, 6.45) is 11.4. The van der Waals surface area contributed by atoms with Gasteiger partial charge in [0.25, 0.3) is 5.91 Å². The average Bonchev–Trinajstić information content (AvgIpc) is 3.74. The fraction of sp³-hybridized carbons (Fsp3) is 0.371. The highest BCUT2D eigenvalue weighted by Crippen LogP contribution is 2.32. The fourth-order valence-corrected chi connectivity index (χ4v) is 5.99. The minimum absolute atomic E-state index is 0.134. The molecule has 1 unspecified atom stereocenters. The number of aromatic nitrogens is 1. The molecule has 1 saturated carbocycles. The molecule has 1 aromatic heterocycles. The van der Waals surface area contributed by atoms with Gasteiger partial charge in [-0.25, -0.2) is 9.37 Å². The molecule has 0 radical (unpaired) electrons. The summed E-state index contributed by atoms with van der Waals surface area (Å²) in [5.74, 6) is -0.765. The van der Waals surface area contributed by atoms with E-state index < -0.39 is 11.9 Å². The first-order valence-electron chi connectivity index (χ1n) is 15.5. The molecule has 1 saturated heterocycles. The third kappa shape index (κ3) is 6.89. The molecule has 0 bridgehead atoms. The van der Waals surface area contributed by atoms with E-state index in [1.54, 1.807) is 11.0 Å². The molecule has 2 aliphatic heterocycles. The second-order valence-corrected chi connectivity index (χ2v) is 11.9. The van der Waals surface area contributed by atoms with E-state index in [9.17, 15) is 18.8 Å². The van der Waals surface area contributed by atoms with Crippen molar-refractivity contribution in [2.75, 3.05) is 26.2 Å². The van der Waals surface area contributed by atoms with E-state index in [1.807, 2.05) is 6.92 Å². The number of nitrogens with one attached hydrogen (secondary N) is 3. The minimum atomic E-state index is -0.602. The van der Waals surface area contributed by atoms with Crippen molar-refractivity contribution in [1.29, 1.82) is 0 Å². The molecular weight excluding hydrogens is 557 g/mol. The summed E-state index contributed by atoms with van der Waals surface area (Å²) in [6, 6.07) is 12.9. The van der Waals surface area contributed by atoms with E-state index in [1.165, 1.54) is 42.7 Å². The third-order valence-corrected chi connectivity index (χ3v) is 8.64. The van der Waals surface area contributed by atoms with Gasteiger partial charge in [0.1, 0.15) is 17.6 Å². The number of hydrogen-bond acceptors (Lipinski definition) is 5. The van der Waals surface area contributed by atoms with Crippen molar-refractivity contribution in [1.82, 2.24) is 25.8 Å². The average molecular weight is 596 g/mol. The molecule has 0 spiro atoms. The van der Waals surface area contributed by atoms with Gasteiger partial charge in [-0.2, -0.15) is 0 Å². The van der Waals surface area contributed by atoms with Crippen LogP contribution < -0.4 is 16.0 Å². The Morgan fingerprint density at radius 2 is 1.98 bits per heavy atom. The molecule has 3 aliphatic rings. The third-order valence-electron chi connectivity index (χ3n) is 8.64. The molecular formula is C35H38FN5O3. The lowest BCUT2D eigenvalue weighted by Gasteiger charge is -2.26. The molecule has 8 nitrogen and oxygen atoms in total. The van der Waals surface area contributed by atoms with Gasteiger partial charge in [0, 0.05) is 18.5 Å². The maximum atomic E-state index is 13.6. The van der Waals surface area contributed by atoms with Crippen LogP contribution in [0.5, 0.6) is 0 Å². The number of halogens is 1. The number of benzene rings is 2. The molecule has 44 heavy (non-hydrogen) atoms. The Labute approximate surface area is 256 Å². The summed E-state index contributed by atoms with van der Waals surface area (Å²) in [7, 11) is 0. The van der Waals surface area contributed by atoms with E-state index in [4.69, 9.17) is 0 Å². The number of carbonyl (C=O) groups is 3. The largest absolute Gasteiger partial charge is 0.348 e. The summed E-state index contributed by atoms with van der Waals surface area (Å²) in [5.41, 5.74) is 5.17. The predicted molar refractivity (Wildman–Crippen MR) is 169 cm³/mol. The number of carbonyl (C=O) groups excluding carboxylic acids is 3. The van der Waals surface area contributed by atoms with Crippen molar-refractivity contribution >= 4 is 40.3 Å². The molecule has 3 heterocycles. The van der Waals surface area contributed by atoms with Crippen molar-refractivity contribution in [3.8, 4) is 0 Å². The number of allylic oxidation sites excluding steroid dienone is 1. The maximum Gasteiger partial charge on any atom is 0.270 e. The van der Waals surface area contributed by atoms with Gasteiger partial charge in [0.05, 0.1) is 18.1 Å². The number of pyridine rings is 1. The van der Waals surface area contributed by atoms with E-state index in [-0.39, 0.29) is 35.9 Å². The normalized spacial score (nSPS) is 19.2. The highest BCUT2D eigenvalue weighted by atomic mass is 19.1. The van der Waals surface area contributed by atoms with Gasteiger partial charge in [0.2, 0.25) is 11.8 Å². The topological polar surface area (TPSA) is 103 Å². The van der Waals surface area contributed by atoms with Gasteiger partial charge < -0.3 is 20.9 Å². The molecule has 3 N–H and O–H groups in total. The van der Waals surface area contributed by atoms with E-state index in [0.29, 0.717) is 36.2 Å². The lowest BCUT2D eigenvalue weighted by molar-refractivity contribution is -0.137. The van der Waals surface area contributed by atoms with Gasteiger partial charge >= 0.3 is 0 Å². The molecule has 2 aromatic carbocycles. The van der Waals surface area contributed by atoms with Crippen LogP contribution in [-0.4, -0.2) is 59.8 Å². The number of nitrogens with zero attached hydrogens (tertiary/aromatic N) is 2. The van der Waals surface area contributed by atoms with Gasteiger partial charge in [-0.1, -0.05) is 36.4 Å². The molecule has 3 aromatic rings.